The number of nitrogens with zero attached hydrogens (tertiary/aromatic N) is 1. The molecule has 0 aliphatic carbocycles. The van der Waals surface area contributed by atoms with E-state index in [2.05, 4.69) is 15.6 Å². The van der Waals surface area contributed by atoms with Gasteiger partial charge in [0.05, 0.1) is 11.9 Å². The molecule has 1 aromatic heterocycles. The molecule has 20 heavy (non-hydrogen) atoms. The van der Waals surface area contributed by atoms with Crippen LogP contribution < -0.4 is 15.4 Å². The number of ether oxygens (including phenoxy) is 1. The number of carbonyl (C=O) groups is 1. The first-order valence-electron chi connectivity index (χ1n) is 5.84. The maximum atomic E-state index is 11.7. The molecule has 0 atom stereocenters. The summed E-state index contributed by atoms with van der Waals surface area (Å²) in [6, 6.07) is 9.73. The Morgan fingerprint density at radius 3 is 2.55 bits per heavy atom. The zero-order chi connectivity index (χ0) is 14.2. The molecule has 0 fully saturated rings. The Hall–Kier alpha value is -2.89. The van der Waals surface area contributed by atoms with Crippen molar-refractivity contribution in [2.24, 2.45) is 0 Å². The van der Waals surface area contributed by atoms with Crippen molar-refractivity contribution in [2.75, 3.05) is 17.2 Å². The SMILES string of the molecule is O=[C]COc1ccc(NC(=O)Nc2cccnc2)cc1. The van der Waals surface area contributed by atoms with Gasteiger partial charge in [0.1, 0.15) is 5.75 Å². The highest BCUT2D eigenvalue weighted by Crippen LogP contribution is 2.15. The lowest BCUT2D eigenvalue weighted by molar-refractivity contribution is 0.262. The standard InChI is InChI=1S/C14H12N3O3/c18-8-9-20-13-5-3-11(4-6-13)16-14(19)17-12-2-1-7-15-10-12/h1-7,10H,9H2,(H2,16,17,19). The molecule has 0 spiro atoms. The normalized spacial score (nSPS) is 9.60. The number of hydrogen-bond donors (Lipinski definition) is 2. The van der Waals surface area contributed by atoms with E-state index in [1.807, 2.05) is 0 Å². The monoisotopic (exact) mass is 270 g/mol. The lowest BCUT2D eigenvalue weighted by atomic mass is 10.3. The Morgan fingerprint density at radius 1 is 1.15 bits per heavy atom. The number of pyridine rings is 1. The van der Waals surface area contributed by atoms with Gasteiger partial charge in [0.15, 0.2) is 6.61 Å². The fraction of sp³-hybridized carbons (Fsp3) is 0.0714. The fourth-order valence-electron chi connectivity index (χ4n) is 1.48. The predicted molar refractivity (Wildman–Crippen MR) is 74.5 cm³/mol. The number of nitrogens with one attached hydrogen (secondary N) is 2. The molecule has 2 aromatic rings. The molecular weight excluding hydrogens is 258 g/mol. The van der Waals surface area contributed by atoms with E-state index < -0.39 is 0 Å². The van der Waals surface area contributed by atoms with Gasteiger partial charge in [-0.15, -0.1) is 0 Å². The highest BCUT2D eigenvalue weighted by atomic mass is 16.5. The Balaban J connectivity index is 1.89. The zero-order valence-corrected chi connectivity index (χ0v) is 10.5. The summed E-state index contributed by atoms with van der Waals surface area (Å²) < 4.78 is 5.05. The van der Waals surface area contributed by atoms with E-state index in [1.165, 1.54) is 0 Å². The van der Waals surface area contributed by atoms with Crippen LogP contribution in [0.1, 0.15) is 0 Å². The first-order chi connectivity index (χ1) is 9.78. The highest BCUT2D eigenvalue weighted by molar-refractivity contribution is 5.99. The minimum absolute atomic E-state index is 0.117. The van der Waals surface area contributed by atoms with Crippen molar-refractivity contribution >= 4 is 23.7 Å². The van der Waals surface area contributed by atoms with Crippen LogP contribution in [0.15, 0.2) is 48.8 Å². The first-order valence-corrected chi connectivity index (χ1v) is 5.84. The average Bonchev–Trinajstić information content (AvgIpc) is 2.47. The summed E-state index contributed by atoms with van der Waals surface area (Å²) in [6.45, 7) is -0.117. The van der Waals surface area contributed by atoms with Crippen LogP contribution in [0.3, 0.4) is 0 Å². The second-order valence-corrected chi connectivity index (χ2v) is 3.78. The third kappa shape index (κ3) is 4.09. The fourth-order valence-corrected chi connectivity index (χ4v) is 1.48. The third-order valence-corrected chi connectivity index (χ3v) is 2.33. The molecule has 0 aliphatic heterocycles. The molecule has 6 nitrogen and oxygen atoms in total. The van der Waals surface area contributed by atoms with Crippen molar-refractivity contribution in [2.45, 2.75) is 0 Å². The van der Waals surface area contributed by atoms with Gasteiger partial charge in [-0.2, -0.15) is 0 Å². The number of amides is 2. The number of anilines is 2. The van der Waals surface area contributed by atoms with Crippen LogP contribution in [0.2, 0.25) is 0 Å². The molecular formula is C14H12N3O3. The average molecular weight is 270 g/mol. The molecule has 0 unspecified atom stereocenters. The van der Waals surface area contributed by atoms with Crippen molar-refractivity contribution in [1.82, 2.24) is 4.98 Å². The van der Waals surface area contributed by atoms with Crippen LogP contribution >= 0.6 is 0 Å². The quantitative estimate of drug-likeness (QED) is 0.873. The summed E-state index contributed by atoms with van der Waals surface area (Å²) >= 11 is 0. The largest absolute Gasteiger partial charge is 0.485 e. The van der Waals surface area contributed by atoms with E-state index in [1.54, 1.807) is 55.1 Å². The van der Waals surface area contributed by atoms with E-state index in [9.17, 15) is 9.59 Å². The van der Waals surface area contributed by atoms with Crippen molar-refractivity contribution in [3.63, 3.8) is 0 Å². The van der Waals surface area contributed by atoms with Crippen LogP contribution in [0.5, 0.6) is 5.75 Å². The smallest absolute Gasteiger partial charge is 0.323 e. The van der Waals surface area contributed by atoms with E-state index in [0.717, 1.165) is 0 Å². The van der Waals surface area contributed by atoms with Crippen molar-refractivity contribution < 1.29 is 14.3 Å². The van der Waals surface area contributed by atoms with Crippen LogP contribution in [0.4, 0.5) is 16.2 Å². The van der Waals surface area contributed by atoms with Gasteiger partial charge in [0.25, 0.3) is 0 Å². The summed E-state index contributed by atoms with van der Waals surface area (Å²) in [5, 5.41) is 5.31. The van der Waals surface area contributed by atoms with E-state index >= 15 is 0 Å². The number of benzene rings is 1. The molecule has 1 aromatic carbocycles. The van der Waals surface area contributed by atoms with Crippen molar-refractivity contribution in [3.8, 4) is 5.75 Å². The Bertz CT molecular complexity index is 570. The Labute approximate surface area is 115 Å². The summed E-state index contributed by atoms with van der Waals surface area (Å²) in [5.41, 5.74) is 1.21. The third-order valence-electron chi connectivity index (χ3n) is 2.33. The Morgan fingerprint density at radius 2 is 1.90 bits per heavy atom. The summed E-state index contributed by atoms with van der Waals surface area (Å²) in [5.74, 6) is 0.534. The lowest BCUT2D eigenvalue weighted by Gasteiger charge is -2.08. The van der Waals surface area contributed by atoms with Gasteiger partial charge < -0.3 is 15.4 Å². The van der Waals surface area contributed by atoms with Crippen molar-refractivity contribution in [1.29, 1.82) is 0 Å². The van der Waals surface area contributed by atoms with Gasteiger partial charge in [-0.1, -0.05) is 0 Å². The van der Waals surface area contributed by atoms with Crippen LogP contribution in [-0.2, 0) is 4.79 Å². The summed E-state index contributed by atoms with van der Waals surface area (Å²) in [6.07, 6.45) is 4.80. The van der Waals surface area contributed by atoms with Gasteiger partial charge in [-0.05, 0) is 36.4 Å². The minimum atomic E-state index is -0.368. The number of rotatable bonds is 5. The minimum Gasteiger partial charge on any atom is -0.485 e. The predicted octanol–water partition coefficient (Wildman–Crippen LogP) is 2.21. The number of hydrogen-bond acceptors (Lipinski definition) is 4. The lowest BCUT2D eigenvalue weighted by Crippen LogP contribution is -2.19. The van der Waals surface area contributed by atoms with Crippen LogP contribution in [0, 0.1) is 0 Å². The zero-order valence-electron chi connectivity index (χ0n) is 10.5. The maximum Gasteiger partial charge on any atom is 0.323 e. The molecule has 0 saturated heterocycles. The van der Waals surface area contributed by atoms with Gasteiger partial charge in [-0.25, -0.2) is 4.79 Å². The number of carbonyl (C=O) groups excluding carboxylic acids is 2. The van der Waals surface area contributed by atoms with Gasteiger partial charge in [0.2, 0.25) is 6.29 Å². The van der Waals surface area contributed by atoms with Gasteiger partial charge in [0, 0.05) is 11.9 Å². The molecule has 2 amide bonds. The highest BCUT2D eigenvalue weighted by Gasteiger charge is 2.02. The molecule has 0 bridgehead atoms. The topological polar surface area (TPSA) is 80.3 Å². The molecule has 2 N–H and O–H groups in total. The number of aromatic nitrogens is 1. The van der Waals surface area contributed by atoms with E-state index in [-0.39, 0.29) is 12.6 Å². The second-order valence-electron chi connectivity index (χ2n) is 3.78. The van der Waals surface area contributed by atoms with Crippen LogP contribution in [0.25, 0.3) is 0 Å². The molecule has 0 saturated carbocycles. The van der Waals surface area contributed by atoms with Gasteiger partial charge >= 0.3 is 6.03 Å². The Kier molecular flexibility index (Phi) is 4.66. The molecule has 1 radical (unpaired) electrons. The number of urea groups is 1. The summed E-state index contributed by atoms with van der Waals surface area (Å²) in [7, 11) is 0. The molecule has 0 aliphatic rings. The van der Waals surface area contributed by atoms with E-state index in [4.69, 9.17) is 4.74 Å². The van der Waals surface area contributed by atoms with E-state index in [0.29, 0.717) is 17.1 Å². The van der Waals surface area contributed by atoms with Crippen LogP contribution in [-0.4, -0.2) is 23.9 Å². The molecule has 2 rings (SSSR count). The molecule has 6 heteroatoms. The molecule has 1 heterocycles. The summed E-state index contributed by atoms with van der Waals surface area (Å²) in [4.78, 5) is 25.6. The molecule has 101 valence electrons. The maximum absolute atomic E-state index is 11.7. The van der Waals surface area contributed by atoms with Gasteiger partial charge in [-0.3, -0.25) is 9.78 Å². The first kappa shape index (κ1) is 13.5. The van der Waals surface area contributed by atoms with Crippen molar-refractivity contribution in [3.05, 3.63) is 48.8 Å². The second kappa shape index (κ2) is 6.89.